The number of allylic oxidation sites excluding steroid dienone is 1. The zero-order valence-corrected chi connectivity index (χ0v) is 7.60. The summed E-state index contributed by atoms with van der Waals surface area (Å²) >= 11 is 0. The molecule has 0 amide bonds. The van der Waals surface area contributed by atoms with Crippen LogP contribution in [0.3, 0.4) is 0 Å². The molecular weight excluding hydrogens is 180 g/mol. The maximum Gasteiger partial charge on any atom is 0.277 e. The number of nitro benzene ring substituents is 1. The topological polar surface area (TPSA) is 66.9 Å². The summed E-state index contributed by atoms with van der Waals surface area (Å²) in [6.45, 7) is 1.78. The predicted molar refractivity (Wildman–Crippen MR) is 52.5 cm³/mol. The van der Waals surface area contributed by atoms with Gasteiger partial charge in [-0.2, -0.15) is 5.26 Å². The smallest absolute Gasteiger partial charge is 0.258 e. The fourth-order valence-electron chi connectivity index (χ4n) is 1.09. The van der Waals surface area contributed by atoms with Gasteiger partial charge in [0.25, 0.3) is 5.69 Å². The second-order valence-corrected chi connectivity index (χ2v) is 2.64. The van der Waals surface area contributed by atoms with Crippen LogP contribution in [0.15, 0.2) is 24.3 Å². The summed E-state index contributed by atoms with van der Waals surface area (Å²) in [5, 5.41) is 19.2. The van der Waals surface area contributed by atoms with E-state index in [4.69, 9.17) is 5.26 Å². The number of nitro groups is 1. The van der Waals surface area contributed by atoms with Crippen molar-refractivity contribution in [1.82, 2.24) is 0 Å². The number of hydrogen-bond donors (Lipinski definition) is 0. The van der Waals surface area contributed by atoms with E-state index in [1.165, 1.54) is 6.07 Å². The third kappa shape index (κ3) is 1.96. The van der Waals surface area contributed by atoms with Crippen LogP contribution in [0.4, 0.5) is 5.69 Å². The van der Waals surface area contributed by atoms with Crippen molar-refractivity contribution in [2.45, 2.75) is 6.92 Å². The van der Waals surface area contributed by atoms with Crippen LogP contribution in [0, 0.1) is 21.4 Å². The molecule has 0 saturated carbocycles. The summed E-state index contributed by atoms with van der Waals surface area (Å²) in [6, 6.07) is 6.26. The van der Waals surface area contributed by atoms with Gasteiger partial charge in [-0.1, -0.05) is 12.2 Å². The van der Waals surface area contributed by atoms with Gasteiger partial charge < -0.3 is 0 Å². The Kier molecular flexibility index (Phi) is 2.97. The van der Waals surface area contributed by atoms with Gasteiger partial charge in [-0.25, -0.2) is 0 Å². The van der Waals surface area contributed by atoms with Gasteiger partial charge in [-0.05, 0) is 19.1 Å². The predicted octanol–water partition coefficient (Wildman–Crippen LogP) is 2.50. The Labute approximate surface area is 81.2 Å². The second kappa shape index (κ2) is 4.19. The number of rotatable bonds is 2. The van der Waals surface area contributed by atoms with E-state index in [0.29, 0.717) is 11.1 Å². The normalized spacial score (nSPS) is 10.0. The highest BCUT2D eigenvalue weighted by molar-refractivity contribution is 5.62. The van der Waals surface area contributed by atoms with E-state index in [-0.39, 0.29) is 5.69 Å². The first kappa shape index (κ1) is 9.93. The minimum atomic E-state index is -0.490. The summed E-state index contributed by atoms with van der Waals surface area (Å²) < 4.78 is 0. The highest BCUT2D eigenvalue weighted by Crippen LogP contribution is 2.21. The van der Waals surface area contributed by atoms with E-state index in [9.17, 15) is 10.1 Å². The van der Waals surface area contributed by atoms with Crippen molar-refractivity contribution in [3.63, 3.8) is 0 Å². The Morgan fingerprint density at radius 1 is 1.57 bits per heavy atom. The molecule has 0 fully saturated rings. The first-order valence-electron chi connectivity index (χ1n) is 4.00. The molecule has 0 aliphatic carbocycles. The van der Waals surface area contributed by atoms with Gasteiger partial charge in [-0.3, -0.25) is 10.1 Å². The molecule has 0 atom stereocenters. The van der Waals surface area contributed by atoms with E-state index >= 15 is 0 Å². The van der Waals surface area contributed by atoms with Crippen LogP contribution >= 0.6 is 0 Å². The third-order valence-electron chi connectivity index (χ3n) is 1.70. The molecule has 70 valence electrons. The van der Waals surface area contributed by atoms with Gasteiger partial charge in [0.15, 0.2) is 0 Å². The molecule has 1 aromatic carbocycles. The third-order valence-corrected chi connectivity index (χ3v) is 1.70. The van der Waals surface area contributed by atoms with Crippen LogP contribution in [0.5, 0.6) is 0 Å². The van der Waals surface area contributed by atoms with Gasteiger partial charge in [0.05, 0.1) is 22.1 Å². The molecule has 14 heavy (non-hydrogen) atoms. The zero-order chi connectivity index (χ0) is 10.6. The lowest BCUT2D eigenvalue weighted by Crippen LogP contribution is -1.92. The van der Waals surface area contributed by atoms with E-state index in [1.807, 2.05) is 6.07 Å². The van der Waals surface area contributed by atoms with Gasteiger partial charge in [-0.15, -0.1) is 0 Å². The molecule has 0 unspecified atom stereocenters. The fourth-order valence-corrected chi connectivity index (χ4v) is 1.09. The average Bonchev–Trinajstić information content (AvgIpc) is 2.18. The van der Waals surface area contributed by atoms with Crippen molar-refractivity contribution in [2.24, 2.45) is 0 Å². The first-order valence-corrected chi connectivity index (χ1v) is 4.00. The minimum absolute atomic E-state index is 0.0397. The van der Waals surface area contributed by atoms with Crippen molar-refractivity contribution in [3.05, 3.63) is 45.5 Å². The van der Waals surface area contributed by atoms with Crippen molar-refractivity contribution < 1.29 is 4.92 Å². The van der Waals surface area contributed by atoms with Crippen molar-refractivity contribution in [1.29, 1.82) is 5.26 Å². The van der Waals surface area contributed by atoms with Crippen molar-refractivity contribution in [3.8, 4) is 6.07 Å². The molecule has 4 nitrogen and oxygen atoms in total. The molecule has 0 aromatic heterocycles. The first-order chi connectivity index (χ1) is 6.69. The monoisotopic (exact) mass is 188 g/mol. The SMILES string of the molecule is C/C=C\c1ccc(C#N)cc1[N+](=O)[O-]. The van der Waals surface area contributed by atoms with E-state index in [2.05, 4.69) is 0 Å². The van der Waals surface area contributed by atoms with Crippen molar-refractivity contribution >= 4 is 11.8 Å². The van der Waals surface area contributed by atoms with Crippen LogP contribution in [0.1, 0.15) is 18.1 Å². The summed E-state index contributed by atoms with van der Waals surface area (Å²) in [5.41, 5.74) is 0.767. The van der Waals surface area contributed by atoms with E-state index in [0.717, 1.165) is 0 Å². The Morgan fingerprint density at radius 3 is 2.79 bits per heavy atom. The Hall–Kier alpha value is -2.15. The van der Waals surface area contributed by atoms with Crippen molar-refractivity contribution in [2.75, 3.05) is 0 Å². The number of nitrogens with zero attached hydrogens (tertiary/aromatic N) is 2. The molecule has 1 aromatic rings. The lowest BCUT2D eigenvalue weighted by atomic mass is 10.1. The Morgan fingerprint density at radius 2 is 2.29 bits per heavy atom. The largest absolute Gasteiger partial charge is 0.277 e. The zero-order valence-electron chi connectivity index (χ0n) is 7.60. The number of hydrogen-bond acceptors (Lipinski definition) is 3. The molecule has 1 rings (SSSR count). The lowest BCUT2D eigenvalue weighted by molar-refractivity contribution is -0.385. The van der Waals surface area contributed by atoms with Crippen LogP contribution in [-0.2, 0) is 0 Å². The molecule has 0 spiro atoms. The molecule has 0 bridgehead atoms. The highest BCUT2D eigenvalue weighted by atomic mass is 16.6. The Bertz CT molecular complexity index is 430. The molecule has 4 heteroatoms. The van der Waals surface area contributed by atoms with Gasteiger partial charge in [0.2, 0.25) is 0 Å². The van der Waals surface area contributed by atoms with Crippen LogP contribution < -0.4 is 0 Å². The van der Waals surface area contributed by atoms with E-state index in [1.54, 1.807) is 31.2 Å². The average molecular weight is 188 g/mol. The number of nitriles is 1. The molecule has 0 N–H and O–H groups in total. The van der Waals surface area contributed by atoms with Gasteiger partial charge in [0, 0.05) is 6.07 Å². The summed E-state index contributed by atoms with van der Waals surface area (Å²) in [7, 11) is 0. The molecule has 0 aliphatic heterocycles. The minimum Gasteiger partial charge on any atom is -0.258 e. The van der Waals surface area contributed by atoms with Gasteiger partial charge >= 0.3 is 0 Å². The van der Waals surface area contributed by atoms with Crippen LogP contribution in [0.2, 0.25) is 0 Å². The van der Waals surface area contributed by atoms with Crippen LogP contribution in [0.25, 0.3) is 6.08 Å². The summed E-state index contributed by atoms with van der Waals surface area (Å²) in [6.07, 6.45) is 3.35. The molecule has 0 heterocycles. The Balaban J connectivity index is 3.32. The van der Waals surface area contributed by atoms with Gasteiger partial charge in [0.1, 0.15) is 0 Å². The maximum absolute atomic E-state index is 10.6. The molecule has 0 aliphatic rings. The standard InChI is InChI=1S/C10H8N2O2/c1-2-3-9-5-4-8(7-11)6-10(9)12(13)14/h2-6H,1H3/b3-2-. The lowest BCUT2D eigenvalue weighted by Gasteiger charge is -1.97. The summed E-state index contributed by atoms with van der Waals surface area (Å²) in [5.74, 6) is 0. The molecule has 0 saturated heterocycles. The second-order valence-electron chi connectivity index (χ2n) is 2.64. The molecular formula is C10H8N2O2. The number of benzene rings is 1. The summed E-state index contributed by atoms with van der Waals surface area (Å²) in [4.78, 5) is 10.1. The highest BCUT2D eigenvalue weighted by Gasteiger charge is 2.11. The molecule has 0 radical (unpaired) electrons. The fraction of sp³-hybridized carbons (Fsp3) is 0.100. The quantitative estimate of drug-likeness (QED) is 0.529. The van der Waals surface area contributed by atoms with E-state index < -0.39 is 4.92 Å². The maximum atomic E-state index is 10.6. The van der Waals surface area contributed by atoms with Crippen LogP contribution in [-0.4, -0.2) is 4.92 Å².